The van der Waals surface area contributed by atoms with E-state index in [1.165, 1.54) is 19.1 Å². The van der Waals surface area contributed by atoms with Crippen LogP contribution in [0.25, 0.3) is 0 Å². The lowest BCUT2D eigenvalue weighted by molar-refractivity contribution is -0.122. The Hall–Kier alpha value is -0.830. The Labute approximate surface area is 136 Å². The van der Waals surface area contributed by atoms with Crippen LogP contribution in [-0.2, 0) is 14.8 Å². The molecule has 21 heavy (non-hydrogen) atoms. The number of nitrogens with one attached hydrogen (secondary N) is 2. The highest BCUT2D eigenvalue weighted by Gasteiger charge is 2.29. The molecule has 9 heteroatoms. The minimum absolute atomic E-state index is 0.0985. The van der Waals surface area contributed by atoms with Gasteiger partial charge < -0.3 is 11.1 Å². The van der Waals surface area contributed by atoms with Crippen molar-refractivity contribution in [3.63, 3.8) is 0 Å². The first-order valence-corrected chi connectivity index (χ1v) is 8.93. The smallest absolute Gasteiger partial charge is 0.242 e. The Kier molecular flexibility index (Phi) is 4.82. The van der Waals surface area contributed by atoms with E-state index in [2.05, 4.69) is 26.0 Å². The summed E-state index contributed by atoms with van der Waals surface area (Å²) in [6.07, 6.45) is 1.86. The average molecular weight is 397 g/mol. The molecule has 0 aromatic heterocycles. The summed E-state index contributed by atoms with van der Waals surface area (Å²) in [5.41, 5.74) is 5.89. The van der Waals surface area contributed by atoms with E-state index in [0.717, 1.165) is 12.8 Å². The number of nitrogen functional groups attached to an aromatic ring is 1. The molecule has 1 amide bonds. The third-order valence-electron chi connectivity index (χ3n) is 2.97. The van der Waals surface area contributed by atoms with Gasteiger partial charge in [-0.1, -0.05) is 11.6 Å². The van der Waals surface area contributed by atoms with Crippen LogP contribution in [0.15, 0.2) is 21.5 Å². The molecule has 1 aromatic carbocycles. The second-order valence-corrected chi connectivity index (χ2v) is 7.84. The summed E-state index contributed by atoms with van der Waals surface area (Å²) < 4.78 is 27.2. The topological polar surface area (TPSA) is 101 Å². The molecular weight excluding hydrogens is 382 g/mol. The number of nitrogens with two attached hydrogens (primary N) is 1. The van der Waals surface area contributed by atoms with Gasteiger partial charge in [0.2, 0.25) is 15.9 Å². The number of hydrogen-bond donors (Lipinski definition) is 3. The largest absolute Gasteiger partial charge is 0.398 e. The van der Waals surface area contributed by atoms with E-state index in [0.29, 0.717) is 0 Å². The fourth-order valence-corrected chi connectivity index (χ4v) is 4.18. The summed E-state index contributed by atoms with van der Waals surface area (Å²) in [5, 5.41) is 2.94. The van der Waals surface area contributed by atoms with Crippen LogP contribution in [0.5, 0.6) is 0 Å². The van der Waals surface area contributed by atoms with Crippen molar-refractivity contribution >= 4 is 49.1 Å². The second-order valence-electron chi connectivity index (χ2n) is 4.93. The SMILES string of the molecule is CC(NS(=O)(=O)c1cc(Cl)cc(N)c1Br)C(=O)NC1CC1. The van der Waals surface area contributed by atoms with Crippen LogP contribution in [0.3, 0.4) is 0 Å². The molecule has 0 heterocycles. The van der Waals surface area contributed by atoms with Crippen molar-refractivity contribution in [1.82, 2.24) is 10.0 Å². The van der Waals surface area contributed by atoms with Crippen molar-refractivity contribution in [3.8, 4) is 0 Å². The Morgan fingerprint density at radius 3 is 2.67 bits per heavy atom. The number of amides is 1. The van der Waals surface area contributed by atoms with Crippen molar-refractivity contribution < 1.29 is 13.2 Å². The molecule has 1 aromatic rings. The van der Waals surface area contributed by atoms with Gasteiger partial charge in [-0.15, -0.1) is 0 Å². The predicted octanol–water partition coefficient (Wildman–Crippen LogP) is 1.63. The molecule has 1 aliphatic carbocycles. The van der Waals surface area contributed by atoms with E-state index in [1.807, 2.05) is 0 Å². The molecule has 1 aliphatic rings. The van der Waals surface area contributed by atoms with Crippen molar-refractivity contribution in [2.45, 2.75) is 36.7 Å². The third kappa shape index (κ3) is 4.09. The van der Waals surface area contributed by atoms with Gasteiger partial charge in [0, 0.05) is 16.8 Å². The van der Waals surface area contributed by atoms with Gasteiger partial charge in [0.05, 0.1) is 15.4 Å². The molecule has 6 nitrogen and oxygen atoms in total. The highest BCUT2D eigenvalue weighted by Crippen LogP contribution is 2.31. The molecule has 1 saturated carbocycles. The summed E-state index contributed by atoms with van der Waals surface area (Å²) >= 11 is 8.96. The number of anilines is 1. The first-order chi connectivity index (χ1) is 9.70. The number of halogens is 2. The van der Waals surface area contributed by atoms with Gasteiger partial charge in [0.15, 0.2) is 0 Å². The number of rotatable bonds is 5. The maximum atomic E-state index is 12.3. The molecule has 1 unspecified atom stereocenters. The Balaban J connectivity index is 2.19. The Morgan fingerprint density at radius 1 is 1.48 bits per heavy atom. The summed E-state index contributed by atoms with van der Waals surface area (Å²) in [5.74, 6) is -0.354. The highest BCUT2D eigenvalue weighted by molar-refractivity contribution is 9.10. The quantitative estimate of drug-likeness (QED) is 0.658. The fourth-order valence-electron chi connectivity index (χ4n) is 1.68. The van der Waals surface area contributed by atoms with Crippen LogP contribution in [-0.4, -0.2) is 26.4 Å². The highest BCUT2D eigenvalue weighted by atomic mass is 79.9. The second kappa shape index (κ2) is 6.12. The van der Waals surface area contributed by atoms with Gasteiger partial charge in [-0.25, -0.2) is 8.42 Å². The van der Waals surface area contributed by atoms with Gasteiger partial charge in [-0.3, -0.25) is 4.79 Å². The van der Waals surface area contributed by atoms with Gasteiger partial charge in [-0.05, 0) is 47.8 Å². The molecule has 0 radical (unpaired) electrons. The van der Waals surface area contributed by atoms with E-state index < -0.39 is 16.1 Å². The molecule has 4 N–H and O–H groups in total. The van der Waals surface area contributed by atoms with E-state index >= 15 is 0 Å². The Bertz CT molecular complexity index is 677. The normalized spacial score (nSPS) is 16.5. The van der Waals surface area contributed by atoms with E-state index in [1.54, 1.807) is 0 Å². The first kappa shape index (κ1) is 16.5. The number of hydrogen-bond acceptors (Lipinski definition) is 4. The number of sulfonamides is 1. The number of carbonyl (C=O) groups excluding carboxylic acids is 1. The molecular formula is C12H15BrClN3O3S. The van der Waals surface area contributed by atoms with Crippen LogP contribution in [0, 0.1) is 0 Å². The van der Waals surface area contributed by atoms with Crippen molar-refractivity contribution in [2.24, 2.45) is 0 Å². The van der Waals surface area contributed by atoms with Crippen molar-refractivity contribution in [1.29, 1.82) is 0 Å². The van der Waals surface area contributed by atoms with Crippen LogP contribution in [0.1, 0.15) is 19.8 Å². The van der Waals surface area contributed by atoms with Crippen LogP contribution < -0.4 is 15.8 Å². The van der Waals surface area contributed by atoms with E-state index in [-0.39, 0.29) is 32.0 Å². The zero-order valence-corrected chi connectivity index (χ0v) is 14.3. The maximum absolute atomic E-state index is 12.3. The third-order valence-corrected chi connectivity index (χ3v) is 5.90. The Morgan fingerprint density at radius 2 is 2.10 bits per heavy atom. The minimum Gasteiger partial charge on any atom is -0.398 e. The zero-order chi connectivity index (χ0) is 15.8. The zero-order valence-electron chi connectivity index (χ0n) is 11.2. The summed E-state index contributed by atoms with van der Waals surface area (Å²) in [6, 6.07) is 1.99. The molecule has 0 saturated heterocycles. The van der Waals surface area contributed by atoms with Crippen molar-refractivity contribution in [3.05, 3.63) is 21.6 Å². The summed E-state index contributed by atoms with van der Waals surface area (Å²) in [4.78, 5) is 11.7. The van der Waals surface area contributed by atoms with E-state index in [4.69, 9.17) is 17.3 Å². The van der Waals surface area contributed by atoms with Gasteiger partial charge in [0.1, 0.15) is 0 Å². The molecule has 1 atom stereocenters. The average Bonchev–Trinajstić information content (AvgIpc) is 3.16. The fraction of sp³-hybridized carbons (Fsp3) is 0.417. The minimum atomic E-state index is -3.92. The van der Waals surface area contributed by atoms with Gasteiger partial charge >= 0.3 is 0 Å². The lowest BCUT2D eigenvalue weighted by Gasteiger charge is -2.15. The summed E-state index contributed by atoms with van der Waals surface area (Å²) in [7, 11) is -3.92. The molecule has 116 valence electrons. The molecule has 0 aliphatic heterocycles. The molecule has 0 bridgehead atoms. The van der Waals surface area contributed by atoms with Gasteiger partial charge in [-0.2, -0.15) is 4.72 Å². The number of carbonyl (C=O) groups is 1. The van der Waals surface area contributed by atoms with Crippen LogP contribution >= 0.6 is 27.5 Å². The molecule has 0 spiro atoms. The lowest BCUT2D eigenvalue weighted by Crippen LogP contribution is -2.45. The molecule has 1 fully saturated rings. The predicted molar refractivity (Wildman–Crippen MR) is 84.5 cm³/mol. The standard InChI is InChI=1S/C12H15BrClN3O3S/c1-6(12(18)16-8-2-3-8)17-21(19,20)10-5-7(14)4-9(15)11(10)13/h4-6,8,17H,2-3,15H2,1H3,(H,16,18). The van der Waals surface area contributed by atoms with E-state index in [9.17, 15) is 13.2 Å². The van der Waals surface area contributed by atoms with Crippen LogP contribution in [0.2, 0.25) is 5.02 Å². The van der Waals surface area contributed by atoms with Crippen LogP contribution in [0.4, 0.5) is 5.69 Å². The maximum Gasteiger partial charge on any atom is 0.242 e. The molecule has 2 rings (SSSR count). The monoisotopic (exact) mass is 395 g/mol. The lowest BCUT2D eigenvalue weighted by atomic mass is 10.3. The van der Waals surface area contributed by atoms with Gasteiger partial charge in [0.25, 0.3) is 0 Å². The summed E-state index contributed by atoms with van der Waals surface area (Å²) in [6.45, 7) is 1.48. The van der Waals surface area contributed by atoms with Crippen molar-refractivity contribution in [2.75, 3.05) is 5.73 Å². The number of benzene rings is 1. The first-order valence-electron chi connectivity index (χ1n) is 6.28.